The molecule has 0 spiro atoms. The highest BCUT2D eigenvalue weighted by Gasteiger charge is 2.28. The fourth-order valence-electron chi connectivity index (χ4n) is 3.11. The minimum absolute atomic E-state index is 0.0119. The Balaban J connectivity index is 1.54. The third-order valence-corrected chi connectivity index (χ3v) is 4.89. The van der Waals surface area contributed by atoms with Gasteiger partial charge < -0.3 is 14.2 Å². The van der Waals surface area contributed by atoms with E-state index in [0.717, 1.165) is 37.2 Å². The number of aryl methyl sites for hydroxylation is 3. The molecular weight excluding hydrogens is 320 g/mol. The van der Waals surface area contributed by atoms with Crippen LogP contribution in [0.5, 0.6) is 5.88 Å². The van der Waals surface area contributed by atoms with Gasteiger partial charge in [-0.3, -0.25) is 4.79 Å². The number of likely N-dealkylation sites (tertiary alicyclic amines) is 1. The van der Waals surface area contributed by atoms with Gasteiger partial charge in [0.2, 0.25) is 5.88 Å². The van der Waals surface area contributed by atoms with Gasteiger partial charge in [0.15, 0.2) is 0 Å². The van der Waals surface area contributed by atoms with Crippen LogP contribution in [0.3, 0.4) is 0 Å². The van der Waals surface area contributed by atoms with E-state index in [1.807, 2.05) is 18.7 Å². The summed E-state index contributed by atoms with van der Waals surface area (Å²) in [6.45, 7) is 9.55. The van der Waals surface area contributed by atoms with Crippen molar-refractivity contribution in [1.82, 2.24) is 20.0 Å². The van der Waals surface area contributed by atoms with Crippen molar-refractivity contribution in [3.8, 4) is 5.88 Å². The van der Waals surface area contributed by atoms with E-state index in [1.165, 1.54) is 6.33 Å². The van der Waals surface area contributed by atoms with Crippen molar-refractivity contribution >= 4 is 5.91 Å². The Hall–Kier alpha value is -2.44. The van der Waals surface area contributed by atoms with Crippen molar-refractivity contribution < 1.29 is 14.1 Å². The SMILES string of the molecule is Cc1ncnc(OCC2CCN(C(=O)c3c(C)noc3C)CC2)c1C. The van der Waals surface area contributed by atoms with E-state index in [-0.39, 0.29) is 5.91 Å². The third-order valence-electron chi connectivity index (χ3n) is 4.89. The molecule has 1 aliphatic heterocycles. The van der Waals surface area contributed by atoms with E-state index in [2.05, 4.69) is 15.1 Å². The topological polar surface area (TPSA) is 81.4 Å². The summed E-state index contributed by atoms with van der Waals surface area (Å²) in [6.07, 6.45) is 3.36. The molecule has 0 aliphatic carbocycles. The van der Waals surface area contributed by atoms with Crippen molar-refractivity contribution in [2.24, 2.45) is 5.92 Å². The van der Waals surface area contributed by atoms with Crippen LogP contribution in [0.2, 0.25) is 0 Å². The molecule has 0 aromatic carbocycles. The van der Waals surface area contributed by atoms with Crippen molar-refractivity contribution in [3.05, 3.63) is 34.6 Å². The second-order valence-electron chi connectivity index (χ2n) is 6.63. The van der Waals surface area contributed by atoms with Gasteiger partial charge in [-0.05, 0) is 46.5 Å². The third kappa shape index (κ3) is 3.65. The van der Waals surface area contributed by atoms with Crippen LogP contribution in [0.15, 0.2) is 10.9 Å². The molecule has 0 radical (unpaired) electrons. The van der Waals surface area contributed by atoms with Crippen LogP contribution in [-0.2, 0) is 0 Å². The number of hydrogen-bond donors (Lipinski definition) is 0. The van der Waals surface area contributed by atoms with Gasteiger partial charge in [-0.2, -0.15) is 0 Å². The molecule has 0 atom stereocenters. The van der Waals surface area contributed by atoms with Crippen molar-refractivity contribution in [1.29, 1.82) is 0 Å². The molecule has 3 rings (SSSR count). The van der Waals surface area contributed by atoms with Gasteiger partial charge in [0.1, 0.15) is 17.7 Å². The maximum absolute atomic E-state index is 12.6. The standard InChI is InChI=1S/C18H24N4O3/c1-11-12(2)19-10-20-17(11)24-9-15-5-7-22(8-6-15)18(23)16-13(3)21-25-14(16)4/h10,15H,5-9H2,1-4H3. The minimum atomic E-state index is 0.0119. The van der Waals surface area contributed by atoms with Gasteiger partial charge in [-0.25, -0.2) is 9.97 Å². The predicted molar refractivity (Wildman–Crippen MR) is 91.6 cm³/mol. The van der Waals surface area contributed by atoms with Crippen LogP contribution >= 0.6 is 0 Å². The molecule has 0 bridgehead atoms. The lowest BCUT2D eigenvalue weighted by molar-refractivity contribution is 0.0656. The Morgan fingerprint density at radius 3 is 2.56 bits per heavy atom. The fraction of sp³-hybridized carbons (Fsp3) is 0.556. The number of aromatic nitrogens is 3. The second-order valence-corrected chi connectivity index (χ2v) is 6.63. The van der Waals surface area contributed by atoms with E-state index in [0.29, 0.717) is 35.4 Å². The molecule has 0 unspecified atom stereocenters. The second kappa shape index (κ2) is 7.21. The van der Waals surface area contributed by atoms with Crippen molar-refractivity contribution in [3.63, 3.8) is 0 Å². The van der Waals surface area contributed by atoms with E-state index in [4.69, 9.17) is 9.26 Å². The highest BCUT2D eigenvalue weighted by molar-refractivity contribution is 5.96. The molecule has 134 valence electrons. The van der Waals surface area contributed by atoms with E-state index in [9.17, 15) is 4.79 Å². The summed E-state index contributed by atoms with van der Waals surface area (Å²) in [5.74, 6) is 1.67. The van der Waals surface area contributed by atoms with Crippen molar-refractivity contribution in [2.75, 3.05) is 19.7 Å². The lowest BCUT2D eigenvalue weighted by atomic mass is 9.97. The maximum atomic E-state index is 12.6. The van der Waals surface area contributed by atoms with Gasteiger partial charge in [0.05, 0.1) is 12.3 Å². The number of amides is 1. The van der Waals surface area contributed by atoms with Crippen LogP contribution in [0, 0.1) is 33.6 Å². The van der Waals surface area contributed by atoms with Crippen molar-refractivity contribution in [2.45, 2.75) is 40.5 Å². The Kier molecular flexibility index (Phi) is 5.01. The number of piperidine rings is 1. The average Bonchev–Trinajstić information content (AvgIpc) is 2.95. The van der Waals surface area contributed by atoms with Crippen LogP contribution in [0.25, 0.3) is 0 Å². The normalized spacial score (nSPS) is 15.4. The van der Waals surface area contributed by atoms with Gasteiger partial charge >= 0.3 is 0 Å². The summed E-state index contributed by atoms with van der Waals surface area (Å²) in [7, 11) is 0. The first kappa shape index (κ1) is 17.4. The molecule has 1 amide bonds. The fourth-order valence-corrected chi connectivity index (χ4v) is 3.11. The summed E-state index contributed by atoms with van der Waals surface area (Å²) in [5.41, 5.74) is 3.17. The smallest absolute Gasteiger partial charge is 0.259 e. The number of carbonyl (C=O) groups excluding carboxylic acids is 1. The molecule has 2 aromatic heterocycles. The van der Waals surface area contributed by atoms with Gasteiger partial charge in [-0.1, -0.05) is 5.16 Å². The van der Waals surface area contributed by atoms with E-state index >= 15 is 0 Å². The molecule has 3 heterocycles. The Bertz CT molecular complexity index is 744. The highest BCUT2D eigenvalue weighted by Crippen LogP contribution is 2.23. The maximum Gasteiger partial charge on any atom is 0.259 e. The van der Waals surface area contributed by atoms with Crippen LogP contribution in [0.4, 0.5) is 0 Å². The molecule has 1 aliphatic rings. The molecule has 2 aromatic rings. The van der Waals surface area contributed by atoms with Crippen LogP contribution in [-0.4, -0.2) is 45.6 Å². The highest BCUT2D eigenvalue weighted by atomic mass is 16.5. The first-order chi connectivity index (χ1) is 12.0. The monoisotopic (exact) mass is 344 g/mol. The molecule has 1 saturated heterocycles. The largest absolute Gasteiger partial charge is 0.477 e. The van der Waals surface area contributed by atoms with Gasteiger partial charge in [0, 0.05) is 24.3 Å². The molecule has 0 saturated carbocycles. The lowest BCUT2D eigenvalue weighted by Gasteiger charge is -2.31. The lowest BCUT2D eigenvalue weighted by Crippen LogP contribution is -2.40. The molecule has 7 heteroatoms. The zero-order valence-electron chi connectivity index (χ0n) is 15.2. The molecule has 25 heavy (non-hydrogen) atoms. The summed E-state index contributed by atoms with van der Waals surface area (Å²) in [4.78, 5) is 22.9. The first-order valence-corrected chi connectivity index (χ1v) is 8.60. The quantitative estimate of drug-likeness (QED) is 0.848. The molecular formula is C18H24N4O3. The number of rotatable bonds is 4. The van der Waals surface area contributed by atoms with Crippen LogP contribution < -0.4 is 4.74 Å². The van der Waals surface area contributed by atoms with E-state index in [1.54, 1.807) is 13.8 Å². The number of hydrogen-bond acceptors (Lipinski definition) is 6. The average molecular weight is 344 g/mol. The Morgan fingerprint density at radius 1 is 1.20 bits per heavy atom. The number of ether oxygens (including phenoxy) is 1. The zero-order valence-corrected chi connectivity index (χ0v) is 15.2. The summed E-state index contributed by atoms with van der Waals surface area (Å²) in [5, 5.41) is 3.87. The van der Waals surface area contributed by atoms with Gasteiger partial charge in [-0.15, -0.1) is 0 Å². The van der Waals surface area contributed by atoms with Gasteiger partial charge in [0.25, 0.3) is 5.91 Å². The number of carbonyl (C=O) groups is 1. The molecule has 1 fully saturated rings. The summed E-state index contributed by atoms with van der Waals surface area (Å²) in [6, 6.07) is 0. The molecule has 0 N–H and O–H groups in total. The summed E-state index contributed by atoms with van der Waals surface area (Å²) >= 11 is 0. The summed E-state index contributed by atoms with van der Waals surface area (Å²) < 4.78 is 11.0. The predicted octanol–water partition coefficient (Wildman–Crippen LogP) is 2.63. The zero-order chi connectivity index (χ0) is 18.0. The minimum Gasteiger partial charge on any atom is -0.477 e. The van der Waals surface area contributed by atoms with E-state index < -0.39 is 0 Å². The number of nitrogens with zero attached hydrogens (tertiary/aromatic N) is 4. The Labute approximate surface area is 147 Å². The molecule has 7 nitrogen and oxygen atoms in total. The first-order valence-electron chi connectivity index (χ1n) is 8.60. The Morgan fingerprint density at radius 2 is 1.92 bits per heavy atom. The van der Waals surface area contributed by atoms with Crippen LogP contribution in [0.1, 0.15) is 45.9 Å².